The fourth-order valence-electron chi connectivity index (χ4n) is 4.49. The van der Waals surface area contributed by atoms with Crippen molar-refractivity contribution in [3.05, 3.63) is 35.1 Å². The fourth-order valence-corrected chi connectivity index (χ4v) is 4.49. The van der Waals surface area contributed by atoms with Crippen LogP contribution in [0.4, 0.5) is 9.18 Å². The van der Waals surface area contributed by atoms with E-state index in [2.05, 4.69) is 17.3 Å². The molecule has 1 aliphatic carbocycles. The predicted molar refractivity (Wildman–Crippen MR) is 86.8 cm³/mol. The average Bonchev–Trinajstić information content (AvgIpc) is 3.02. The summed E-state index contributed by atoms with van der Waals surface area (Å²) in [5.41, 5.74) is 1.72. The Kier molecular flexibility index (Phi) is 3.76. The maximum absolute atomic E-state index is 13.8. The molecule has 124 valence electrons. The molecular formula is C18H24FN3O. The van der Waals surface area contributed by atoms with Crippen molar-refractivity contribution in [2.24, 2.45) is 0 Å². The van der Waals surface area contributed by atoms with Crippen molar-refractivity contribution in [2.45, 2.75) is 50.2 Å². The molecule has 2 heterocycles. The first-order valence-electron chi connectivity index (χ1n) is 8.68. The molecule has 0 radical (unpaired) electrons. The Labute approximate surface area is 136 Å². The molecule has 1 aromatic rings. The number of hydrogen-bond acceptors (Lipinski definition) is 2. The summed E-state index contributed by atoms with van der Waals surface area (Å²) in [6.45, 7) is 1.63. The number of amides is 2. The minimum Gasteiger partial charge on any atom is -0.331 e. The molecule has 2 amide bonds. The average molecular weight is 317 g/mol. The molecule has 2 saturated heterocycles. The first-order chi connectivity index (χ1) is 11.1. The highest BCUT2D eigenvalue weighted by molar-refractivity contribution is 5.75. The molecule has 4 nitrogen and oxygen atoms in total. The topological polar surface area (TPSA) is 35.6 Å². The van der Waals surface area contributed by atoms with Gasteiger partial charge in [0.2, 0.25) is 0 Å². The van der Waals surface area contributed by atoms with E-state index in [4.69, 9.17) is 0 Å². The standard InChI is InChI=1S/C18H24FN3O/c1-21-12-5-6-13(21)11-22(10-9-12)18(23)20-17-8-7-14-15(17)3-2-4-16(14)19/h2-4,12-13,17H,5-11H2,1H3,(H,20,23)/t12-,13-,17-/m0/s1. The smallest absolute Gasteiger partial charge is 0.317 e. The number of nitrogens with one attached hydrogen (secondary N) is 1. The van der Waals surface area contributed by atoms with E-state index >= 15 is 0 Å². The Morgan fingerprint density at radius 2 is 2.04 bits per heavy atom. The monoisotopic (exact) mass is 317 g/mol. The summed E-state index contributed by atoms with van der Waals surface area (Å²) in [5, 5.41) is 3.14. The zero-order chi connectivity index (χ0) is 16.0. The third-order valence-electron chi connectivity index (χ3n) is 5.95. The molecule has 2 aliphatic heterocycles. The van der Waals surface area contributed by atoms with Gasteiger partial charge in [-0.1, -0.05) is 12.1 Å². The number of benzene rings is 1. The van der Waals surface area contributed by atoms with Gasteiger partial charge in [-0.15, -0.1) is 0 Å². The second kappa shape index (κ2) is 5.78. The maximum Gasteiger partial charge on any atom is 0.317 e. The van der Waals surface area contributed by atoms with Crippen LogP contribution in [0.5, 0.6) is 0 Å². The molecule has 0 saturated carbocycles. The quantitative estimate of drug-likeness (QED) is 0.864. The SMILES string of the molecule is CN1[C@H]2CC[C@H]1CN(C(=O)N[C@H]1CCc3c(F)cccc31)CC2. The number of halogens is 1. The molecule has 0 unspecified atom stereocenters. The molecule has 2 bridgehead atoms. The zero-order valence-electron chi connectivity index (χ0n) is 13.6. The lowest BCUT2D eigenvalue weighted by Crippen LogP contribution is -2.45. The second-order valence-corrected chi connectivity index (χ2v) is 7.13. The minimum absolute atomic E-state index is 0.00746. The molecule has 23 heavy (non-hydrogen) atoms. The van der Waals surface area contributed by atoms with E-state index in [0.717, 1.165) is 37.1 Å². The summed E-state index contributed by atoms with van der Waals surface area (Å²) in [7, 11) is 2.18. The molecule has 3 aliphatic rings. The van der Waals surface area contributed by atoms with Gasteiger partial charge in [0.25, 0.3) is 0 Å². The van der Waals surface area contributed by atoms with Crippen molar-refractivity contribution >= 4 is 6.03 Å². The van der Waals surface area contributed by atoms with E-state index in [1.807, 2.05) is 11.0 Å². The summed E-state index contributed by atoms with van der Waals surface area (Å²) < 4.78 is 13.8. The number of urea groups is 1. The Morgan fingerprint density at radius 3 is 2.91 bits per heavy atom. The lowest BCUT2D eigenvalue weighted by atomic mass is 10.1. The number of hydrogen-bond donors (Lipinski definition) is 1. The summed E-state index contributed by atoms with van der Waals surface area (Å²) in [6, 6.07) is 6.25. The van der Waals surface area contributed by atoms with Crippen LogP contribution in [-0.2, 0) is 6.42 Å². The van der Waals surface area contributed by atoms with Gasteiger partial charge in [-0.2, -0.15) is 0 Å². The Hall–Kier alpha value is -1.62. The predicted octanol–water partition coefficient (Wildman–Crippen LogP) is 2.69. The Morgan fingerprint density at radius 1 is 1.22 bits per heavy atom. The highest BCUT2D eigenvalue weighted by Crippen LogP contribution is 2.33. The molecule has 3 atom stereocenters. The first kappa shape index (κ1) is 14.9. The molecule has 2 fully saturated rings. The number of nitrogens with zero attached hydrogens (tertiary/aromatic N) is 2. The Balaban J connectivity index is 1.44. The van der Waals surface area contributed by atoms with Gasteiger partial charge < -0.3 is 10.2 Å². The van der Waals surface area contributed by atoms with Gasteiger partial charge >= 0.3 is 6.03 Å². The van der Waals surface area contributed by atoms with Gasteiger partial charge in [-0.05, 0) is 56.3 Å². The van der Waals surface area contributed by atoms with Crippen LogP contribution < -0.4 is 5.32 Å². The number of rotatable bonds is 1. The van der Waals surface area contributed by atoms with E-state index in [-0.39, 0.29) is 17.9 Å². The molecule has 4 rings (SSSR count). The molecule has 5 heteroatoms. The van der Waals surface area contributed by atoms with Crippen molar-refractivity contribution in [2.75, 3.05) is 20.1 Å². The van der Waals surface area contributed by atoms with Crippen LogP contribution in [0.2, 0.25) is 0 Å². The van der Waals surface area contributed by atoms with Gasteiger partial charge in [-0.3, -0.25) is 4.90 Å². The number of fused-ring (bicyclic) bond motifs is 3. The number of carbonyl (C=O) groups excluding carboxylic acids is 1. The minimum atomic E-state index is -0.145. The highest BCUT2D eigenvalue weighted by atomic mass is 19.1. The summed E-state index contributed by atoms with van der Waals surface area (Å²) >= 11 is 0. The normalized spacial score (nSPS) is 30.2. The van der Waals surface area contributed by atoms with Crippen LogP contribution >= 0.6 is 0 Å². The van der Waals surface area contributed by atoms with Gasteiger partial charge in [0, 0.05) is 25.2 Å². The second-order valence-electron chi connectivity index (χ2n) is 7.13. The van der Waals surface area contributed by atoms with Gasteiger partial charge in [0.15, 0.2) is 0 Å². The zero-order valence-corrected chi connectivity index (χ0v) is 13.6. The number of carbonyl (C=O) groups is 1. The lowest BCUT2D eigenvalue weighted by Gasteiger charge is -2.27. The molecule has 0 spiro atoms. The third kappa shape index (κ3) is 2.61. The molecule has 1 aromatic carbocycles. The number of likely N-dealkylation sites (N-methyl/N-ethyl adjacent to an activating group) is 1. The van der Waals surface area contributed by atoms with Crippen LogP contribution in [0.3, 0.4) is 0 Å². The van der Waals surface area contributed by atoms with E-state index in [1.165, 1.54) is 18.9 Å². The van der Waals surface area contributed by atoms with Crippen molar-refractivity contribution in [3.63, 3.8) is 0 Å². The van der Waals surface area contributed by atoms with Crippen LogP contribution in [0, 0.1) is 5.82 Å². The van der Waals surface area contributed by atoms with E-state index in [1.54, 1.807) is 6.07 Å². The molecular weight excluding hydrogens is 293 g/mol. The maximum atomic E-state index is 13.8. The van der Waals surface area contributed by atoms with Crippen molar-refractivity contribution in [3.8, 4) is 0 Å². The lowest BCUT2D eigenvalue weighted by molar-refractivity contribution is 0.184. The first-order valence-corrected chi connectivity index (χ1v) is 8.68. The Bertz CT molecular complexity index is 620. The molecule has 1 N–H and O–H groups in total. The van der Waals surface area contributed by atoms with E-state index < -0.39 is 0 Å². The van der Waals surface area contributed by atoms with Gasteiger partial charge in [-0.25, -0.2) is 9.18 Å². The summed E-state index contributed by atoms with van der Waals surface area (Å²) in [5.74, 6) is -0.145. The van der Waals surface area contributed by atoms with E-state index in [0.29, 0.717) is 18.5 Å². The summed E-state index contributed by atoms with van der Waals surface area (Å²) in [6.07, 6.45) is 4.99. The summed E-state index contributed by atoms with van der Waals surface area (Å²) in [4.78, 5) is 17.1. The van der Waals surface area contributed by atoms with Crippen LogP contribution in [0.15, 0.2) is 18.2 Å². The largest absolute Gasteiger partial charge is 0.331 e. The van der Waals surface area contributed by atoms with Crippen LogP contribution in [0.25, 0.3) is 0 Å². The van der Waals surface area contributed by atoms with Gasteiger partial charge in [0.05, 0.1) is 6.04 Å². The molecule has 0 aromatic heterocycles. The number of likely N-dealkylation sites (tertiary alicyclic amines) is 1. The van der Waals surface area contributed by atoms with Crippen molar-refractivity contribution < 1.29 is 9.18 Å². The van der Waals surface area contributed by atoms with Crippen LogP contribution in [0.1, 0.15) is 42.9 Å². The van der Waals surface area contributed by atoms with Crippen LogP contribution in [-0.4, -0.2) is 48.1 Å². The van der Waals surface area contributed by atoms with E-state index in [9.17, 15) is 9.18 Å². The van der Waals surface area contributed by atoms with Crippen molar-refractivity contribution in [1.29, 1.82) is 0 Å². The highest BCUT2D eigenvalue weighted by Gasteiger charge is 2.36. The van der Waals surface area contributed by atoms with Gasteiger partial charge in [0.1, 0.15) is 5.82 Å². The fraction of sp³-hybridized carbons (Fsp3) is 0.611. The third-order valence-corrected chi connectivity index (χ3v) is 5.95. The van der Waals surface area contributed by atoms with Crippen molar-refractivity contribution in [1.82, 2.24) is 15.1 Å².